The normalized spacial score (nSPS) is 13.8. The predicted octanol–water partition coefficient (Wildman–Crippen LogP) is 15.2. The second-order valence-electron chi connectivity index (χ2n) is 17.3. The Kier molecular flexibility index (Phi) is 45.7. The molecule has 0 saturated heterocycles. The average molecular weight is 840 g/mol. The number of rotatable bonds is 45. The van der Waals surface area contributed by atoms with Crippen molar-refractivity contribution >= 4 is 11.9 Å². The van der Waals surface area contributed by atoms with Crippen LogP contribution in [0.25, 0.3) is 0 Å². The molecule has 0 aromatic heterocycles. The first-order valence-corrected chi connectivity index (χ1v) is 25.6. The van der Waals surface area contributed by atoms with Gasteiger partial charge < -0.3 is 20.3 Å². The quantitative estimate of drug-likeness (QED) is 0.0322. The summed E-state index contributed by atoms with van der Waals surface area (Å²) in [5.41, 5.74) is 0. The molecule has 6 heteroatoms. The van der Waals surface area contributed by atoms with Crippen molar-refractivity contribution in [2.45, 2.75) is 264 Å². The summed E-state index contributed by atoms with van der Waals surface area (Å²) >= 11 is 0. The van der Waals surface area contributed by atoms with E-state index in [1.807, 2.05) is 36.5 Å². The molecule has 0 fully saturated rings. The molecular weight excluding hydrogens is 743 g/mol. The summed E-state index contributed by atoms with van der Waals surface area (Å²) in [5.74, 6) is -0.518. The first kappa shape index (κ1) is 57.6. The molecule has 0 heterocycles. The zero-order valence-corrected chi connectivity index (χ0v) is 39.6. The van der Waals surface area contributed by atoms with E-state index in [-0.39, 0.29) is 24.9 Å². The molecule has 0 aliphatic carbocycles. The molecule has 60 heavy (non-hydrogen) atoms. The number of esters is 1. The van der Waals surface area contributed by atoms with Crippen LogP contribution in [-0.4, -0.2) is 46.9 Å². The standard InChI is InChI=1S/C54H97NO5/c1-4-7-10-13-16-19-22-25-26-29-32-35-38-41-44-47-54(59)60-50(45-42-39-36-33-30-27-23-20-17-14-11-8-5-2)48-53(58)55-51(49-56)52(57)46-43-40-37-34-31-28-24-21-18-15-12-9-6-3/h7,10,13,16,19,22,25-26,29,32,50-52,56-57H,4-6,8-9,11-12,14-15,17-18,20-21,23-24,27-28,30-31,33-49H2,1-3H3,(H,55,58)/b10-7+,16-13+,22-19-,26-25-,32-29+. The van der Waals surface area contributed by atoms with Gasteiger partial charge in [0.25, 0.3) is 0 Å². The van der Waals surface area contributed by atoms with Gasteiger partial charge in [-0.15, -0.1) is 0 Å². The fraction of sp³-hybridized carbons (Fsp3) is 0.778. The van der Waals surface area contributed by atoms with Gasteiger partial charge in [-0.25, -0.2) is 0 Å². The van der Waals surface area contributed by atoms with Crippen LogP contribution in [0.15, 0.2) is 60.8 Å². The molecule has 3 unspecified atom stereocenters. The van der Waals surface area contributed by atoms with E-state index in [4.69, 9.17) is 4.74 Å². The van der Waals surface area contributed by atoms with Crippen molar-refractivity contribution in [2.24, 2.45) is 0 Å². The molecule has 348 valence electrons. The van der Waals surface area contributed by atoms with Crippen molar-refractivity contribution < 1.29 is 24.5 Å². The summed E-state index contributed by atoms with van der Waals surface area (Å²) < 4.78 is 5.91. The molecule has 3 N–H and O–H groups in total. The molecule has 1 amide bonds. The van der Waals surface area contributed by atoms with Crippen molar-refractivity contribution in [2.75, 3.05) is 6.61 Å². The minimum Gasteiger partial charge on any atom is -0.462 e. The number of ether oxygens (including phenoxy) is 1. The number of unbranched alkanes of at least 4 members (excludes halogenated alkanes) is 27. The summed E-state index contributed by atoms with van der Waals surface area (Å²) in [6.07, 6.45) is 58.4. The fourth-order valence-corrected chi connectivity index (χ4v) is 7.63. The van der Waals surface area contributed by atoms with E-state index in [1.54, 1.807) is 0 Å². The Labute approximate surface area is 371 Å². The maximum atomic E-state index is 13.2. The SMILES string of the molecule is CC/C=C/C=C/C=C\C=C/C=C/CCCCCC(=O)OC(CCCCCCCCCCCCCCC)CC(=O)NC(CO)C(O)CCCCCCCCCCCCCCC. The van der Waals surface area contributed by atoms with E-state index in [2.05, 4.69) is 50.4 Å². The number of hydrogen-bond donors (Lipinski definition) is 3. The molecule has 3 atom stereocenters. The molecule has 6 nitrogen and oxygen atoms in total. The van der Waals surface area contributed by atoms with E-state index in [1.165, 1.54) is 128 Å². The van der Waals surface area contributed by atoms with E-state index in [0.717, 1.165) is 70.6 Å². The van der Waals surface area contributed by atoms with Crippen molar-refractivity contribution in [1.82, 2.24) is 5.32 Å². The van der Waals surface area contributed by atoms with Gasteiger partial charge in [-0.3, -0.25) is 9.59 Å². The molecule has 0 aromatic carbocycles. The van der Waals surface area contributed by atoms with Gasteiger partial charge in [-0.05, 0) is 44.9 Å². The third-order valence-electron chi connectivity index (χ3n) is 11.5. The third kappa shape index (κ3) is 42.3. The van der Waals surface area contributed by atoms with E-state index < -0.39 is 18.2 Å². The molecule has 0 aromatic rings. The molecule has 0 radical (unpaired) electrons. The van der Waals surface area contributed by atoms with Crippen LogP contribution in [0.5, 0.6) is 0 Å². The molecular formula is C54H97NO5. The van der Waals surface area contributed by atoms with E-state index in [9.17, 15) is 19.8 Å². The van der Waals surface area contributed by atoms with Crippen LogP contribution in [0.4, 0.5) is 0 Å². The summed E-state index contributed by atoms with van der Waals surface area (Å²) in [7, 11) is 0. The molecule has 0 saturated carbocycles. The number of amides is 1. The van der Waals surface area contributed by atoms with Gasteiger partial charge in [0, 0.05) is 6.42 Å². The molecule has 0 aliphatic heterocycles. The van der Waals surface area contributed by atoms with Crippen molar-refractivity contribution in [3.63, 3.8) is 0 Å². The van der Waals surface area contributed by atoms with E-state index in [0.29, 0.717) is 19.3 Å². The largest absolute Gasteiger partial charge is 0.462 e. The van der Waals surface area contributed by atoms with Crippen LogP contribution in [0, 0.1) is 0 Å². The summed E-state index contributed by atoms with van der Waals surface area (Å²) in [6.45, 7) is 6.34. The highest BCUT2D eigenvalue weighted by Crippen LogP contribution is 2.18. The number of carbonyl (C=O) groups is 2. The molecule has 0 spiro atoms. The highest BCUT2D eigenvalue weighted by Gasteiger charge is 2.24. The zero-order valence-electron chi connectivity index (χ0n) is 39.6. The lowest BCUT2D eigenvalue weighted by atomic mass is 10.0. The van der Waals surface area contributed by atoms with Gasteiger partial charge in [-0.1, -0.05) is 248 Å². The van der Waals surface area contributed by atoms with Gasteiger partial charge in [0.2, 0.25) is 5.91 Å². The summed E-state index contributed by atoms with van der Waals surface area (Å²) in [6, 6.07) is -0.710. The fourth-order valence-electron chi connectivity index (χ4n) is 7.63. The van der Waals surface area contributed by atoms with Crippen molar-refractivity contribution in [3.8, 4) is 0 Å². The van der Waals surface area contributed by atoms with Crippen LogP contribution >= 0.6 is 0 Å². The Morgan fingerprint density at radius 2 is 0.900 bits per heavy atom. The van der Waals surface area contributed by atoms with Crippen molar-refractivity contribution in [3.05, 3.63) is 60.8 Å². The smallest absolute Gasteiger partial charge is 0.306 e. The highest BCUT2D eigenvalue weighted by molar-refractivity contribution is 5.77. The van der Waals surface area contributed by atoms with Gasteiger partial charge in [0.15, 0.2) is 0 Å². The summed E-state index contributed by atoms with van der Waals surface area (Å²) in [5, 5.41) is 23.8. The van der Waals surface area contributed by atoms with Gasteiger partial charge in [-0.2, -0.15) is 0 Å². The second kappa shape index (κ2) is 47.6. The number of aliphatic hydroxyl groups excluding tert-OH is 2. The van der Waals surface area contributed by atoms with Crippen LogP contribution in [-0.2, 0) is 14.3 Å². The molecule has 0 aliphatic rings. The lowest BCUT2D eigenvalue weighted by molar-refractivity contribution is -0.151. The highest BCUT2D eigenvalue weighted by atomic mass is 16.5. The first-order chi connectivity index (χ1) is 29.5. The van der Waals surface area contributed by atoms with E-state index >= 15 is 0 Å². The van der Waals surface area contributed by atoms with Crippen LogP contribution in [0.2, 0.25) is 0 Å². The number of aliphatic hydroxyl groups is 2. The van der Waals surface area contributed by atoms with Gasteiger partial charge in [0.05, 0.1) is 25.2 Å². The lowest BCUT2D eigenvalue weighted by Gasteiger charge is -2.24. The first-order valence-electron chi connectivity index (χ1n) is 25.6. The van der Waals surface area contributed by atoms with Crippen LogP contribution < -0.4 is 5.32 Å². The van der Waals surface area contributed by atoms with Crippen LogP contribution in [0.1, 0.15) is 245 Å². The molecule has 0 rings (SSSR count). The Hall–Kier alpha value is -2.44. The average Bonchev–Trinajstić information content (AvgIpc) is 3.24. The maximum Gasteiger partial charge on any atom is 0.306 e. The minimum atomic E-state index is -0.795. The Balaban J connectivity index is 4.64. The minimum absolute atomic E-state index is 0.0612. The third-order valence-corrected chi connectivity index (χ3v) is 11.5. The summed E-state index contributed by atoms with van der Waals surface area (Å²) in [4.78, 5) is 26.1. The molecule has 0 bridgehead atoms. The number of allylic oxidation sites excluding steroid dienone is 10. The zero-order chi connectivity index (χ0) is 43.8. The maximum absolute atomic E-state index is 13.2. The predicted molar refractivity (Wildman–Crippen MR) is 259 cm³/mol. The number of nitrogens with one attached hydrogen (secondary N) is 1. The van der Waals surface area contributed by atoms with Gasteiger partial charge in [0.1, 0.15) is 6.10 Å². The number of hydrogen-bond acceptors (Lipinski definition) is 5. The number of carbonyl (C=O) groups excluding carboxylic acids is 2. The topological polar surface area (TPSA) is 95.9 Å². The van der Waals surface area contributed by atoms with Crippen LogP contribution in [0.3, 0.4) is 0 Å². The van der Waals surface area contributed by atoms with Crippen molar-refractivity contribution in [1.29, 1.82) is 0 Å². The second-order valence-corrected chi connectivity index (χ2v) is 17.3. The monoisotopic (exact) mass is 840 g/mol. The lowest BCUT2D eigenvalue weighted by Crippen LogP contribution is -2.46. The van der Waals surface area contributed by atoms with Gasteiger partial charge >= 0.3 is 5.97 Å². The Morgan fingerprint density at radius 3 is 1.35 bits per heavy atom. The Morgan fingerprint density at radius 1 is 0.500 bits per heavy atom. The Bertz CT molecular complexity index is 1080.